The van der Waals surface area contributed by atoms with Gasteiger partial charge in [0, 0.05) is 0 Å². The van der Waals surface area contributed by atoms with Crippen molar-refractivity contribution in [3.63, 3.8) is 0 Å². The molecule has 1 saturated heterocycles. The van der Waals surface area contributed by atoms with E-state index in [1.807, 2.05) is 19.9 Å². The molecule has 0 aromatic heterocycles. The van der Waals surface area contributed by atoms with E-state index in [2.05, 4.69) is 6.58 Å². The van der Waals surface area contributed by atoms with Crippen molar-refractivity contribution in [2.24, 2.45) is 0 Å². The summed E-state index contributed by atoms with van der Waals surface area (Å²) in [4.78, 5) is 0. The average Bonchev–Trinajstić information content (AvgIpc) is 2.41. The molecule has 0 bridgehead atoms. The average molecular weight is 200 g/mol. The van der Waals surface area contributed by atoms with Gasteiger partial charge < -0.3 is 14.6 Å². The van der Waals surface area contributed by atoms with Gasteiger partial charge in [0.25, 0.3) is 0 Å². The molecule has 1 fully saturated rings. The molecule has 0 spiro atoms. The van der Waals surface area contributed by atoms with Gasteiger partial charge in [-0.3, -0.25) is 0 Å². The van der Waals surface area contributed by atoms with Crippen molar-refractivity contribution in [1.82, 2.24) is 0 Å². The Bertz CT molecular complexity index is 189. The van der Waals surface area contributed by atoms with Gasteiger partial charge in [-0.15, -0.1) is 6.58 Å². The molecular formula is C11H20O3. The molecule has 3 nitrogen and oxygen atoms in total. The van der Waals surface area contributed by atoms with Gasteiger partial charge in [0.05, 0.1) is 12.7 Å². The minimum atomic E-state index is -0.549. The summed E-state index contributed by atoms with van der Waals surface area (Å²) in [7, 11) is 0. The van der Waals surface area contributed by atoms with Crippen molar-refractivity contribution in [2.45, 2.75) is 51.1 Å². The number of allylic oxidation sites excluding steroid dienone is 1. The third-order valence-electron chi connectivity index (χ3n) is 2.36. The van der Waals surface area contributed by atoms with Crippen LogP contribution in [0, 0.1) is 0 Å². The fourth-order valence-corrected chi connectivity index (χ4v) is 1.77. The fourth-order valence-electron chi connectivity index (χ4n) is 1.77. The summed E-state index contributed by atoms with van der Waals surface area (Å²) in [5, 5.41) is 9.10. The Kier molecular flexibility index (Phi) is 4.11. The molecule has 0 unspecified atom stereocenters. The first-order chi connectivity index (χ1) is 6.59. The smallest absolute Gasteiger partial charge is 0.163 e. The lowest BCUT2D eigenvalue weighted by atomic mass is 10.1. The monoisotopic (exact) mass is 200 g/mol. The van der Waals surface area contributed by atoms with Crippen LogP contribution in [0.2, 0.25) is 0 Å². The molecule has 1 rings (SSSR count). The third-order valence-corrected chi connectivity index (χ3v) is 2.36. The van der Waals surface area contributed by atoms with Crippen LogP contribution in [0.15, 0.2) is 12.7 Å². The zero-order valence-corrected chi connectivity index (χ0v) is 9.03. The van der Waals surface area contributed by atoms with Crippen molar-refractivity contribution >= 4 is 0 Å². The Morgan fingerprint density at radius 1 is 1.36 bits per heavy atom. The van der Waals surface area contributed by atoms with Crippen LogP contribution in [0.1, 0.15) is 33.1 Å². The van der Waals surface area contributed by atoms with E-state index >= 15 is 0 Å². The Labute approximate surface area is 85.7 Å². The largest absolute Gasteiger partial charge is 0.394 e. The van der Waals surface area contributed by atoms with Crippen LogP contribution in [0.5, 0.6) is 0 Å². The second kappa shape index (κ2) is 4.91. The number of aliphatic hydroxyl groups is 1. The maximum Gasteiger partial charge on any atom is 0.163 e. The quantitative estimate of drug-likeness (QED) is 0.544. The van der Waals surface area contributed by atoms with Crippen molar-refractivity contribution in [1.29, 1.82) is 0 Å². The van der Waals surface area contributed by atoms with Crippen LogP contribution in [-0.4, -0.2) is 29.7 Å². The standard InChI is InChI=1S/C11H20O3/c1-4-5-6-7-9-10(8-12)14-11(2,3)13-9/h4,9-10,12H,1,5-8H2,2-3H3/t9-,10-/m0/s1. The first kappa shape index (κ1) is 11.7. The lowest BCUT2D eigenvalue weighted by Crippen LogP contribution is -2.26. The van der Waals surface area contributed by atoms with Crippen LogP contribution in [0.4, 0.5) is 0 Å². The molecule has 1 heterocycles. The number of rotatable bonds is 5. The summed E-state index contributed by atoms with van der Waals surface area (Å²) < 4.78 is 11.2. The highest BCUT2D eigenvalue weighted by molar-refractivity contribution is 4.81. The van der Waals surface area contributed by atoms with Crippen LogP contribution < -0.4 is 0 Å². The molecule has 3 heteroatoms. The fraction of sp³-hybridized carbons (Fsp3) is 0.818. The highest BCUT2D eigenvalue weighted by Crippen LogP contribution is 2.30. The van der Waals surface area contributed by atoms with Gasteiger partial charge in [0.15, 0.2) is 5.79 Å². The van der Waals surface area contributed by atoms with E-state index in [0.717, 1.165) is 19.3 Å². The summed E-state index contributed by atoms with van der Waals surface area (Å²) in [6.45, 7) is 7.46. The van der Waals surface area contributed by atoms with Gasteiger partial charge in [-0.1, -0.05) is 6.08 Å². The van der Waals surface area contributed by atoms with Gasteiger partial charge in [-0.2, -0.15) is 0 Å². The molecule has 82 valence electrons. The van der Waals surface area contributed by atoms with Crippen LogP contribution in [0.3, 0.4) is 0 Å². The van der Waals surface area contributed by atoms with Gasteiger partial charge >= 0.3 is 0 Å². The number of ether oxygens (including phenoxy) is 2. The molecule has 1 aliphatic heterocycles. The summed E-state index contributed by atoms with van der Waals surface area (Å²) in [5.74, 6) is -0.549. The Morgan fingerprint density at radius 3 is 2.57 bits per heavy atom. The minimum absolute atomic E-state index is 0.0231. The first-order valence-electron chi connectivity index (χ1n) is 5.16. The van der Waals surface area contributed by atoms with E-state index in [4.69, 9.17) is 14.6 Å². The van der Waals surface area contributed by atoms with E-state index in [1.165, 1.54) is 0 Å². The molecule has 0 aromatic carbocycles. The molecule has 0 saturated carbocycles. The van der Waals surface area contributed by atoms with Crippen molar-refractivity contribution in [2.75, 3.05) is 6.61 Å². The highest BCUT2D eigenvalue weighted by Gasteiger charge is 2.40. The topological polar surface area (TPSA) is 38.7 Å². The number of unbranched alkanes of at least 4 members (excludes halogenated alkanes) is 1. The molecular weight excluding hydrogens is 180 g/mol. The molecule has 0 amide bonds. The summed E-state index contributed by atoms with van der Waals surface area (Å²) in [5.41, 5.74) is 0. The molecule has 1 aliphatic rings. The summed E-state index contributed by atoms with van der Waals surface area (Å²) in [6, 6.07) is 0. The lowest BCUT2D eigenvalue weighted by molar-refractivity contribution is -0.149. The van der Waals surface area contributed by atoms with Crippen molar-refractivity contribution in [3.8, 4) is 0 Å². The van der Waals surface area contributed by atoms with Crippen molar-refractivity contribution < 1.29 is 14.6 Å². The second-order valence-electron chi connectivity index (χ2n) is 4.11. The second-order valence-corrected chi connectivity index (χ2v) is 4.11. The SMILES string of the molecule is C=CCCC[C@@H]1OC(C)(C)O[C@H]1CO. The lowest BCUT2D eigenvalue weighted by Gasteiger charge is -2.16. The predicted molar refractivity (Wildman–Crippen MR) is 55.0 cm³/mol. The maximum absolute atomic E-state index is 9.10. The Morgan fingerprint density at radius 2 is 2.00 bits per heavy atom. The highest BCUT2D eigenvalue weighted by atomic mass is 16.8. The van der Waals surface area contributed by atoms with Crippen LogP contribution in [0.25, 0.3) is 0 Å². The van der Waals surface area contributed by atoms with E-state index in [1.54, 1.807) is 0 Å². The molecule has 0 aromatic rings. The van der Waals surface area contributed by atoms with Gasteiger partial charge in [-0.25, -0.2) is 0 Å². The number of hydrogen-bond acceptors (Lipinski definition) is 3. The predicted octanol–water partition coefficient (Wildman–Crippen LogP) is 1.86. The zero-order valence-electron chi connectivity index (χ0n) is 9.03. The van der Waals surface area contributed by atoms with E-state index in [-0.39, 0.29) is 18.8 Å². The number of hydrogen-bond donors (Lipinski definition) is 1. The molecule has 0 aliphatic carbocycles. The minimum Gasteiger partial charge on any atom is -0.394 e. The molecule has 1 N–H and O–H groups in total. The molecule has 2 atom stereocenters. The zero-order chi connectivity index (χ0) is 10.6. The summed E-state index contributed by atoms with van der Waals surface area (Å²) in [6.07, 6.45) is 4.68. The number of aliphatic hydroxyl groups excluding tert-OH is 1. The molecule has 14 heavy (non-hydrogen) atoms. The van der Waals surface area contributed by atoms with Crippen molar-refractivity contribution in [3.05, 3.63) is 12.7 Å². The van der Waals surface area contributed by atoms with E-state index < -0.39 is 5.79 Å². The normalized spacial score (nSPS) is 30.5. The van der Waals surface area contributed by atoms with E-state index in [0.29, 0.717) is 0 Å². The first-order valence-corrected chi connectivity index (χ1v) is 5.16. The van der Waals surface area contributed by atoms with Crippen LogP contribution >= 0.6 is 0 Å². The van der Waals surface area contributed by atoms with Gasteiger partial charge in [-0.05, 0) is 33.1 Å². The maximum atomic E-state index is 9.10. The Balaban J connectivity index is 2.39. The van der Waals surface area contributed by atoms with Gasteiger partial charge in [0.2, 0.25) is 0 Å². The van der Waals surface area contributed by atoms with Gasteiger partial charge in [0.1, 0.15) is 6.10 Å². The summed E-state index contributed by atoms with van der Waals surface area (Å²) >= 11 is 0. The molecule has 0 radical (unpaired) electrons. The van der Waals surface area contributed by atoms with Crippen LogP contribution in [-0.2, 0) is 9.47 Å². The Hall–Kier alpha value is -0.380. The third kappa shape index (κ3) is 3.08. The van der Waals surface area contributed by atoms with E-state index in [9.17, 15) is 0 Å².